The standard InChI is InChI=1S/C16H19ClO4/c17-11-5-6-12-14(21-10-4-9-20-12)13(11)16(15(18)19)7-2-1-3-8-16/h5-6H,1-4,7-10H2,(H,18,19). The Balaban J connectivity index is 2.17. The van der Waals surface area contributed by atoms with E-state index in [0.717, 1.165) is 25.7 Å². The van der Waals surface area contributed by atoms with Crippen LogP contribution in [0.2, 0.25) is 5.02 Å². The molecular formula is C16H19ClO4. The number of benzene rings is 1. The second kappa shape index (κ2) is 5.76. The van der Waals surface area contributed by atoms with Crippen LogP contribution in [0.1, 0.15) is 44.1 Å². The average Bonchev–Trinajstić information content (AvgIpc) is 2.73. The van der Waals surface area contributed by atoms with Crippen molar-refractivity contribution in [3.63, 3.8) is 0 Å². The van der Waals surface area contributed by atoms with Gasteiger partial charge >= 0.3 is 5.97 Å². The van der Waals surface area contributed by atoms with Crippen LogP contribution in [0, 0.1) is 0 Å². The van der Waals surface area contributed by atoms with E-state index in [1.807, 2.05) is 0 Å². The Kier molecular flexibility index (Phi) is 3.98. The van der Waals surface area contributed by atoms with Crippen molar-refractivity contribution >= 4 is 17.6 Å². The molecule has 0 spiro atoms. The quantitative estimate of drug-likeness (QED) is 0.903. The average molecular weight is 311 g/mol. The number of hydrogen-bond donors (Lipinski definition) is 1. The first-order valence-electron chi connectivity index (χ1n) is 7.47. The number of hydrogen-bond acceptors (Lipinski definition) is 3. The maximum absolute atomic E-state index is 12.0. The molecule has 21 heavy (non-hydrogen) atoms. The fraction of sp³-hybridized carbons (Fsp3) is 0.562. The second-order valence-electron chi connectivity index (χ2n) is 5.75. The van der Waals surface area contributed by atoms with E-state index in [0.29, 0.717) is 48.1 Å². The third kappa shape index (κ3) is 2.46. The van der Waals surface area contributed by atoms with E-state index in [2.05, 4.69) is 0 Å². The maximum Gasteiger partial charge on any atom is 0.314 e. The lowest BCUT2D eigenvalue weighted by Crippen LogP contribution is -2.38. The lowest BCUT2D eigenvalue weighted by molar-refractivity contribution is -0.145. The van der Waals surface area contributed by atoms with E-state index in [-0.39, 0.29) is 0 Å². The molecule has 1 saturated carbocycles. The molecule has 1 N–H and O–H groups in total. The summed E-state index contributed by atoms with van der Waals surface area (Å²) in [4.78, 5) is 12.0. The van der Waals surface area contributed by atoms with Crippen LogP contribution in [-0.4, -0.2) is 24.3 Å². The lowest BCUT2D eigenvalue weighted by atomic mass is 9.69. The molecule has 0 bridgehead atoms. The molecule has 1 aromatic carbocycles. The Labute approximate surface area is 129 Å². The van der Waals surface area contributed by atoms with E-state index >= 15 is 0 Å². The van der Waals surface area contributed by atoms with Crippen molar-refractivity contribution in [1.82, 2.24) is 0 Å². The number of halogens is 1. The van der Waals surface area contributed by atoms with E-state index < -0.39 is 11.4 Å². The summed E-state index contributed by atoms with van der Waals surface area (Å²) in [6.45, 7) is 1.10. The highest BCUT2D eigenvalue weighted by atomic mass is 35.5. The predicted molar refractivity (Wildman–Crippen MR) is 79.5 cm³/mol. The molecule has 0 unspecified atom stereocenters. The van der Waals surface area contributed by atoms with Gasteiger partial charge in [0.2, 0.25) is 0 Å². The zero-order valence-corrected chi connectivity index (χ0v) is 12.6. The molecule has 4 nitrogen and oxygen atoms in total. The molecular weight excluding hydrogens is 292 g/mol. The molecule has 0 aromatic heterocycles. The van der Waals surface area contributed by atoms with Gasteiger partial charge in [-0.3, -0.25) is 4.79 Å². The van der Waals surface area contributed by atoms with Crippen LogP contribution in [0.4, 0.5) is 0 Å². The fourth-order valence-corrected chi connectivity index (χ4v) is 3.71. The Morgan fingerprint density at radius 1 is 1.10 bits per heavy atom. The van der Waals surface area contributed by atoms with Crippen molar-refractivity contribution in [3.05, 3.63) is 22.7 Å². The van der Waals surface area contributed by atoms with E-state index in [9.17, 15) is 9.90 Å². The molecule has 2 aliphatic rings. The zero-order valence-electron chi connectivity index (χ0n) is 11.9. The molecule has 1 aromatic rings. The summed E-state index contributed by atoms with van der Waals surface area (Å²) >= 11 is 6.38. The highest BCUT2D eigenvalue weighted by Gasteiger charge is 2.45. The van der Waals surface area contributed by atoms with E-state index in [1.165, 1.54) is 0 Å². The van der Waals surface area contributed by atoms with Crippen LogP contribution >= 0.6 is 11.6 Å². The molecule has 3 rings (SSSR count). The molecule has 1 aliphatic heterocycles. The molecule has 0 saturated heterocycles. The van der Waals surface area contributed by atoms with Crippen molar-refractivity contribution in [2.24, 2.45) is 0 Å². The van der Waals surface area contributed by atoms with Crippen molar-refractivity contribution in [1.29, 1.82) is 0 Å². The van der Waals surface area contributed by atoms with Crippen LogP contribution in [-0.2, 0) is 10.2 Å². The minimum atomic E-state index is -0.950. The maximum atomic E-state index is 12.0. The molecule has 1 fully saturated rings. The first-order valence-corrected chi connectivity index (χ1v) is 7.85. The van der Waals surface area contributed by atoms with Crippen molar-refractivity contribution in [2.45, 2.75) is 43.9 Å². The lowest BCUT2D eigenvalue weighted by Gasteiger charge is -2.35. The van der Waals surface area contributed by atoms with Gasteiger partial charge < -0.3 is 14.6 Å². The van der Waals surface area contributed by atoms with Gasteiger partial charge in [0.15, 0.2) is 11.5 Å². The number of fused-ring (bicyclic) bond motifs is 1. The van der Waals surface area contributed by atoms with Crippen LogP contribution in [0.3, 0.4) is 0 Å². The minimum Gasteiger partial charge on any atom is -0.490 e. The molecule has 1 aliphatic carbocycles. The van der Waals surface area contributed by atoms with Gasteiger partial charge in [0, 0.05) is 17.0 Å². The summed E-state index contributed by atoms with van der Waals surface area (Å²) in [5.74, 6) is 0.327. The van der Waals surface area contributed by atoms with Crippen molar-refractivity contribution < 1.29 is 19.4 Å². The normalized spacial score (nSPS) is 20.6. The van der Waals surface area contributed by atoms with Crippen LogP contribution < -0.4 is 9.47 Å². The molecule has 114 valence electrons. The predicted octanol–water partition coefficient (Wildman–Crippen LogP) is 3.79. The molecule has 0 amide bonds. The van der Waals surface area contributed by atoms with Gasteiger partial charge in [0.25, 0.3) is 0 Å². The fourth-order valence-electron chi connectivity index (χ4n) is 3.38. The van der Waals surface area contributed by atoms with Gasteiger partial charge in [0.05, 0.1) is 18.6 Å². The van der Waals surface area contributed by atoms with Crippen molar-refractivity contribution in [2.75, 3.05) is 13.2 Å². The minimum absolute atomic E-state index is 0.462. The number of carbonyl (C=O) groups is 1. The Morgan fingerprint density at radius 2 is 1.81 bits per heavy atom. The summed E-state index contributed by atoms with van der Waals surface area (Å²) in [6, 6.07) is 3.49. The Morgan fingerprint density at radius 3 is 2.52 bits per heavy atom. The van der Waals surface area contributed by atoms with Crippen molar-refractivity contribution in [3.8, 4) is 11.5 Å². The molecule has 5 heteroatoms. The zero-order chi connectivity index (χ0) is 14.9. The summed E-state index contributed by atoms with van der Waals surface area (Å²) in [5.41, 5.74) is -0.343. The van der Waals surface area contributed by atoms with Gasteiger partial charge in [-0.15, -0.1) is 0 Å². The third-order valence-corrected chi connectivity index (χ3v) is 4.77. The molecule has 0 atom stereocenters. The summed E-state index contributed by atoms with van der Waals surface area (Å²) < 4.78 is 11.5. The van der Waals surface area contributed by atoms with Crippen LogP contribution in [0.25, 0.3) is 0 Å². The van der Waals surface area contributed by atoms with Gasteiger partial charge in [-0.25, -0.2) is 0 Å². The number of aliphatic carboxylic acids is 1. The second-order valence-corrected chi connectivity index (χ2v) is 6.16. The monoisotopic (exact) mass is 310 g/mol. The Hall–Kier alpha value is -1.42. The highest BCUT2D eigenvalue weighted by molar-refractivity contribution is 6.32. The summed E-state index contributed by atoms with van der Waals surface area (Å²) in [7, 11) is 0. The smallest absolute Gasteiger partial charge is 0.314 e. The van der Waals surface area contributed by atoms with Gasteiger partial charge in [-0.1, -0.05) is 30.9 Å². The first-order chi connectivity index (χ1) is 10.1. The largest absolute Gasteiger partial charge is 0.490 e. The first kappa shape index (κ1) is 14.5. The summed E-state index contributed by atoms with van der Waals surface area (Å²) in [5, 5.41) is 10.3. The molecule has 1 heterocycles. The van der Waals surface area contributed by atoms with E-state index in [4.69, 9.17) is 21.1 Å². The third-order valence-electron chi connectivity index (χ3n) is 4.46. The van der Waals surface area contributed by atoms with Gasteiger partial charge in [-0.05, 0) is 25.0 Å². The van der Waals surface area contributed by atoms with Gasteiger partial charge in [0.1, 0.15) is 0 Å². The number of ether oxygens (including phenoxy) is 2. The number of carboxylic acid groups (broad SMARTS) is 1. The van der Waals surface area contributed by atoms with Gasteiger partial charge in [-0.2, -0.15) is 0 Å². The van der Waals surface area contributed by atoms with Crippen LogP contribution in [0.15, 0.2) is 12.1 Å². The Bertz CT molecular complexity index is 549. The summed E-state index contributed by atoms with van der Waals surface area (Å²) in [6.07, 6.45) is 4.84. The van der Waals surface area contributed by atoms with E-state index in [1.54, 1.807) is 12.1 Å². The van der Waals surface area contributed by atoms with Crippen LogP contribution in [0.5, 0.6) is 11.5 Å². The number of rotatable bonds is 2. The topological polar surface area (TPSA) is 55.8 Å². The number of carboxylic acids is 1. The molecule has 0 radical (unpaired) electrons. The SMILES string of the molecule is O=C(O)C1(c2c(Cl)ccc3c2OCCCO3)CCCCC1. The highest BCUT2D eigenvalue weighted by Crippen LogP contribution is 2.50.